The molecule has 1 saturated heterocycles. The molecule has 5 heteroatoms. The molecular weight excluding hydrogens is 444 g/mol. The molecule has 1 fully saturated rings. The SMILES string of the molecule is CCc1ccc2c(c1)OCc1ncccc1/C2=C\CCN1CCC(O)(c2ccc(Cl)cc2)CC1. The van der Waals surface area contributed by atoms with E-state index >= 15 is 0 Å². The normalized spacial score (nSPS) is 18.6. The van der Waals surface area contributed by atoms with Crippen LogP contribution >= 0.6 is 11.6 Å². The van der Waals surface area contributed by atoms with E-state index in [1.165, 1.54) is 11.1 Å². The Morgan fingerprint density at radius 3 is 2.65 bits per heavy atom. The summed E-state index contributed by atoms with van der Waals surface area (Å²) in [5.41, 5.74) is 5.95. The van der Waals surface area contributed by atoms with Gasteiger partial charge < -0.3 is 14.7 Å². The molecule has 1 N–H and O–H groups in total. The van der Waals surface area contributed by atoms with Crippen LogP contribution in [0.25, 0.3) is 5.57 Å². The van der Waals surface area contributed by atoms with Crippen LogP contribution in [0.4, 0.5) is 0 Å². The quantitative estimate of drug-likeness (QED) is 0.493. The van der Waals surface area contributed by atoms with Crippen LogP contribution in [0, 0.1) is 0 Å². The predicted molar refractivity (Wildman–Crippen MR) is 137 cm³/mol. The van der Waals surface area contributed by atoms with E-state index in [1.807, 2.05) is 36.5 Å². The Morgan fingerprint density at radius 2 is 1.88 bits per heavy atom. The highest BCUT2D eigenvalue weighted by Crippen LogP contribution is 2.37. The lowest BCUT2D eigenvalue weighted by Crippen LogP contribution is -2.42. The minimum atomic E-state index is -0.765. The number of halogens is 1. The van der Waals surface area contributed by atoms with Crippen molar-refractivity contribution in [1.82, 2.24) is 9.88 Å². The number of pyridine rings is 1. The van der Waals surface area contributed by atoms with Crippen LogP contribution in [0.1, 0.15) is 54.1 Å². The van der Waals surface area contributed by atoms with E-state index in [4.69, 9.17) is 16.3 Å². The van der Waals surface area contributed by atoms with E-state index in [0.717, 1.165) is 73.5 Å². The lowest BCUT2D eigenvalue weighted by molar-refractivity contribution is -0.0254. The first kappa shape index (κ1) is 23.1. The zero-order valence-electron chi connectivity index (χ0n) is 19.6. The number of nitrogens with zero attached hydrogens (tertiary/aromatic N) is 2. The fraction of sp³-hybridized carbons (Fsp3) is 0.345. The van der Waals surface area contributed by atoms with Gasteiger partial charge in [0.2, 0.25) is 0 Å². The number of hydrogen-bond donors (Lipinski definition) is 1. The molecule has 34 heavy (non-hydrogen) atoms. The third-order valence-electron chi connectivity index (χ3n) is 7.15. The molecule has 5 rings (SSSR count). The van der Waals surface area contributed by atoms with Gasteiger partial charge in [-0.05, 0) is 66.6 Å². The molecule has 0 spiro atoms. The van der Waals surface area contributed by atoms with Crippen LogP contribution in [-0.4, -0.2) is 34.6 Å². The highest BCUT2D eigenvalue weighted by molar-refractivity contribution is 6.30. The molecule has 1 aromatic heterocycles. The molecule has 0 unspecified atom stereocenters. The van der Waals surface area contributed by atoms with Crippen molar-refractivity contribution in [3.63, 3.8) is 0 Å². The minimum Gasteiger partial charge on any atom is -0.487 e. The summed E-state index contributed by atoms with van der Waals surface area (Å²) < 4.78 is 6.17. The summed E-state index contributed by atoms with van der Waals surface area (Å²) in [6.07, 6.45) is 7.54. The summed E-state index contributed by atoms with van der Waals surface area (Å²) in [6.45, 7) is 5.36. The topological polar surface area (TPSA) is 45.6 Å². The fourth-order valence-electron chi connectivity index (χ4n) is 5.02. The van der Waals surface area contributed by atoms with Crippen LogP contribution < -0.4 is 4.74 Å². The Morgan fingerprint density at radius 1 is 1.09 bits per heavy atom. The third kappa shape index (κ3) is 4.76. The Labute approximate surface area is 206 Å². The van der Waals surface area contributed by atoms with Crippen molar-refractivity contribution >= 4 is 17.2 Å². The van der Waals surface area contributed by atoms with Gasteiger partial charge >= 0.3 is 0 Å². The van der Waals surface area contributed by atoms with Crippen molar-refractivity contribution in [2.45, 2.75) is 44.8 Å². The summed E-state index contributed by atoms with van der Waals surface area (Å²) in [6, 6.07) is 18.3. The smallest absolute Gasteiger partial charge is 0.131 e. The van der Waals surface area contributed by atoms with Crippen LogP contribution in [0.2, 0.25) is 5.02 Å². The van der Waals surface area contributed by atoms with Crippen molar-refractivity contribution in [2.24, 2.45) is 0 Å². The molecule has 0 bridgehead atoms. The van der Waals surface area contributed by atoms with Gasteiger partial charge in [0, 0.05) is 42.0 Å². The Balaban J connectivity index is 1.30. The molecule has 2 aliphatic rings. The summed E-state index contributed by atoms with van der Waals surface area (Å²) in [7, 11) is 0. The van der Waals surface area contributed by atoms with Gasteiger partial charge in [0.25, 0.3) is 0 Å². The average Bonchev–Trinajstić information content (AvgIpc) is 3.02. The monoisotopic (exact) mass is 474 g/mol. The number of benzene rings is 2. The van der Waals surface area contributed by atoms with E-state index in [1.54, 1.807) is 0 Å². The Kier molecular flexibility index (Phi) is 6.73. The largest absolute Gasteiger partial charge is 0.487 e. The third-order valence-corrected chi connectivity index (χ3v) is 7.40. The molecule has 4 nitrogen and oxygen atoms in total. The number of piperidine rings is 1. The van der Waals surface area contributed by atoms with Gasteiger partial charge in [-0.3, -0.25) is 4.98 Å². The second-order valence-electron chi connectivity index (χ2n) is 9.26. The molecule has 2 aromatic carbocycles. The fourth-order valence-corrected chi connectivity index (χ4v) is 5.15. The lowest BCUT2D eigenvalue weighted by atomic mass is 9.84. The second kappa shape index (κ2) is 9.91. The van der Waals surface area contributed by atoms with Gasteiger partial charge in [-0.1, -0.05) is 54.9 Å². The summed E-state index contributed by atoms with van der Waals surface area (Å²) in [5, 5.41) is 11.9. The molecule has 0 amide bonds. The molecule has 3 heterocycles. The standard InChI is InChI=1S/C29H31ClN2O2/c1-2-21-7-12-26-24(25-5-3-15-31-27(25)20-34-28(26)19-21)6-4-16-32-17-13-29(33,14-18-32)22-8-10-23(30)11-9-22/h3,5-12,15,19,33H,2,4,13-14,16-18,20H2,1H3/b24-6+. The van der Waals surface area contributed by atoms with Crippen molar-refractivity contribution in [2.75, 3.05) is 19.6 Å². The van der Waals surface area contributed by atoms with Crippen molar-refractivity contribution in [1.29, 1.82) is 0 Å². The first-order valence-corrected chi connectivity index (χ1v) is 12.5. The number of likely N-dealkylation sites (tertiary alicyclic amines) is 1. The molecule has 176 valence electrons. The molecule has 3 aromatic rings. The summed E-state index contributed by atoms with van der Waals surface area (Å²) in [5.74, 6) is 0.939. The molecule has 0 aliphatic carbocycles. The molecular formula is C29H31ClN2O2. The van der Waals surface area contributed by atoms with Crippen LogP contribution in [0.5, 0.6) is 5.75 Å². The number of aromatic nitrogens is 1. The second-order valence-corrected chi connectivity index (χ2v) is 9.69. The van der Waals surface area contributed by atoms with Crippen LogP contribution in [0.15, 0.2) is 66.9 Å². The highest BCUT2D eigenvalue weighted by Gasteiger charge is 2.33. The zero-order chi connectivity index (χ0) is 23.5. The number of fused-ring (bicyclic) bond motifs is 2. The van der Waals surface area contributed by atoms with Crippen molar-refractivity contribution in [3.05, 3.63) is 99.8 Å². The van der Waals surface area contributed by atoms with Gasteiger partial charge in [-0.2, -0.15) is 0 Å². The van der Waals surface area contributed by atoms with Gasteiger partial charge in [0.1, 0.15) is 12.4 Å². The van der Waals surface area contributed by atoms with Gasteiger partial charge in [-0.25, -0.2) is 0 Å². The minimum absolute atomic E-state index is 0.489. The molecule has 2 aliphatic heterocycles. The number of hydrogen-bond acceptors (Lipinski definition) is 4. The maximum Gasteiger partial charge on any atom is 0.131 e. The Hall–Kier alpha value is -2.66. The number of aryl methyl sites for hydroxylation is 1. The van der Waals surface area contributed by atoms with Crippen LogP contribution in [0.3, 0.4) is 0 Å². The van der Waals surface area contributed by atoms with Crippen molar-refractivity contribution in [3.8, 4) is 5.75 Å². The van der Waals surface area contributed by atoms with Crippen LogP contribution in [-0.2, 0) is 18.6 Å². The summed E-state index contributed by atoms with van der Waals surface area (Å²) in [4.78, 5) is 7.04. The molecule has 0 atom stereocenters. The maximum atomic E-state index is 11.2. The maximum absolute atomic E-state index is 11.2. The lowest BCUT2D eigenvalue weighted by Gasteiger charge is -2.38. The number of rotatable bonds is 5. The Bertz CT molecular complexity index is 1180. The van der Waals surface area contributed by atoms with Gasteiger partial charge in [-0.15, -0.1) is 0 Å². The summed E-state index contributed by atoms with van der Waals surface area (Å²) >= 11 is 6.02. The molecule has 0 saturated carbocycles. The van der Waals surface area contributed by atoms with E-state index < -0.39 is 5.60 Å². The van der Waals surface area contributed by atoms with E-state index in [2.05, 4.69) is 47.1 Å². The zero-order valence-corrected chi connectivity index (χ0v) is 20.4. The van der Waals surface area contributed by atoms with Gasteiger partial charge in [0.15, 0.2) is 0 Å². The predicted octanol–water partition coefficient (Wildman–Crippen LogP) is 6.00. The number of ether oxygens (including phenoxy) is 1. The average molecular weight is 475 g/mol. The molecule has 0 radical (unpaired) electrons. The van der Waals surface area contributed by atoms with Gasteiger partial charge in [0.05, 0.1) is 11.3 Å². The van der Waals surface area contributed by atoms with Crippen molar-refractivity contribution < 1.29 is 9.84 Å². The number of aliphatic hydroxyl groups is 1. The first-order chi connectivity index (χ1) is 16.6. The van der Waals surface area contributed by atoms with E-state index in [0.29, 0.717) is 11.6 Å². The van der Waals surface area contributed by atoms with E-state index in [9.17, 15) is 5.11 Å². The van der Waals surface area contributed by atoms with E-state index in [-0.39, 0.29) is 0 Å². The highest BCUT2D eigenvalue weighted by atomic mass is 35.5. The first-order valence-electron chi connectivity index (χ1n) is 12.2.